The molecule has 3 aromatic rings. The van der Waals surface area contributed by atoms with Gasteiger partial charge in [-0.25, -0.2) is 0 Å². The number of hydrogen-bond donors (Lipinski definition) is 8. The molecule has 0 spiro atoms. The van der Waals surface area contributed by atoms with Crippen LogP contribution in [0.25, 0.3) is 6.08 Å². The Morgan fingerprint density at radius 1 is 0.550 bits per heavy atom. The van der Waals surface area contributed by atoms with Gasteiger partial charge in [-0.05, 0) is 80.3 Å². The second kappa shape index (κ2) is 16.9. The molecular formula is C32H44N4O4. The highest BCUT2D eigenvalue weighted by Crippen LogP contribution is 2.43. The van der Waals surface area contributed by atoms with Gasteiger partial charge >= 0.3 is 0 Å². The van der Waals surface area contributed by atoms with Gasteiger partial charge in [-0.15, -0.1) is 0 Å². The quantitative estimate of drug-likeness (QED) is 0.0450. The summed E-state index contributed by atoms with van der Waals surface area (Å²) in [5, 5.41) is 52.6. The average molecular weight is 549 g/mol. The van der Waals surface area contributed by atoms with E-state index < -0.39 is 0 Å². The maximum atomic E-state index is 10.8. The molecule has 0 aliphatic carbocycles. The molecule has 0 aromatic heterocycles. The zero-order valence-electron chi connectivity index (χ0n) is 23.3. The number of aliphatic hydroxyl groups is 2. The van der Waals surface area contributed by atoms with Crippen LogP contribution in [0.2, 0.25) is 0 Å². The number of phenols is 2. The van der Waals surface area contributed by atoms with E-state index in [0.717, 1.165) is 87.2 Å². The topological polar surface area (TPSA) is 129 Å². The number of aliphatic hydroxyl groups excluding tert-OH is 2. The van der Waals surface area contributed by atoms with Crippen molar-refractivity contribution >= 4 is 40.2 Å². The number of nitrogens with one attached hydrogen (secondary N) is 4. The van der Waals surface area contributed by atoms with Gasteiger partial charge in [-0.2, -0.15) is 0 Å². The Labute approximate surface area is 237 Å². The second-order valence-corrected chi connectivity index (χ2v) is 9.82. The first-order chi connectivity index (χ1) is 19.5. The van der Waals surface area contributed by atoms with E-state index >= 15 is 0 Å². The third-order valence-electron chi connectivity index (χ3n) is 6.67. The Bertz CT molecular complexity index is 1080. The zero-order valence-corrected chi connectivity index (χ0v) is 23.3. The minimum atomic E-state index is -0.0818. The van der Waals surface area contributed by atoms with Crippen LogP contribution >= 0.6 is 0 Å². The van der Waals surface area contributed by atoms with Crippen LogP contribution in [0, 0.1) is 0 Å². The Morgan fingerprint density at radius 3 is 1.30 bits per heavy atom. The molecule has 0 atom stereocenters. The van der Waals surface area contributed by atoms with E-state index in [2.05, 4.69) is 27.8 Å². The van der Waals surface area contributed by atoms with E-state index in [0.29, 0.717) is 11.4 Å². The van der Waals surface area contributed by atoms with Gasteiger partial charge in [0.05, 0.1) is 16.9 Å². The van der Waals surface area contributed by atoms with Crippen LogP contribution in [0.4, 0.5) is 34.1 Å². The summed E-state index contributed by atoms with van der Waals surface area (Å²) in [6.07, 6.45) is 9.49. The van der Waals surface area contributed by atoms with Crippen LogP contribution in [0.15, 0.2) is 61.2 Å². The van der Waals surface area contributed by atoms with Crippen molar-refractivity contribution in [3.05, 3.63) is 66.7 Å². The third kappa shape index (κ3) is 9.70. The molecule has 8 N–H and O–H groups in total. The molecule has 216 valence electrons. The number of unbranched alkanes of at least 4 members (excludes halogenated alkanes) is 6. The predicted molar refractivity (Wildman–Crippen MR) is 167 cm³/mol. The average Bonchev–Trinajstić information content (AvgIpc) is 2.97. The summed E-state index contributed by atoms with van der Waals surface area (Å²) >= 11 is 0. The normalized spacial score (nSPS) is 10.8. The number of phenolic OH excluding ortho intramolecular Hbond substituents is 2. The van der Waals surface area contributed by atoms with Gasteiger partial charge in [0.1, 0.15) is 11.5 Å². The van der Waals surface area contributed by atoms with Crippen molar-refractivity contribution in [1.82, 2.24) is 0 Å². The molecule has 40 heavy (non-hydrogen) atoms. The summed E-state index contributed by atoms with van der Waals surface area (Å²) in [5.74, 6) is -0.164. The van der Waals surface area contributed by atoms with Crippen molar-refractivity contribution in [2.24, 2.45) is 0 Å². The van der Waals surface area contributed by atoms with Crippen molar-refractivity contribution in [2.45, 2.75) is 51.4 Å². The highest BCUT2D eigenvalue weighted by molar-refractivity contribution is 5.85. The standard InChI is InChI=1S/C32H44N4O4/c1-2-28-31(39)29(35-26-15-11-24(12-16-26)33-19-7-3-5-9-21-37)23-30(32(28)40)36-27-17-13-25(14-18-27)34-20-8-4-6-10-22-38/h2,11-18,23,33-40H,1,3-10,19-22H2. The monoisotopic (exact) mass is 548 g/mol. The minimum Gasteiger partial charge on any atom is -0.505 e. The molecule has 0 saturated carbocycles. The first-order valence-corrected chi connectivity index (χ1v) is 14.2. The highest BCUT2D eigenvalue weighted by Gasteiger charge is 2.16. The SMILES string of the molecule is C=Cc1c(O)c(Nc2ccc(NCCCCCCO)cc2)cc(Nc2ccc(NCCCCCCO)cc2)c1O. The molecule has 3 rings (SSSR count). The first-order valence-electron chi connectivity index (χ1n) is 14.2. The van der Waals surface area contributed by atoms with E-state index in [4.69, 9.17) is 10.2 Å². The first kappa shape index (κ1) is 30.7. The van der Waals surface area contributed by atoms with Crippen molar-refractivity contribution in [1.29, 1.82) is 0 Å². The van der Waals surface area contributed by atoms with Crippen LogP contribution in [0.5, 0.6) is 11.5 Å². The summed E-state index contributed by atoms with van der Waals surface area (Å²) in [6.45, 7) is 6.01. The molecular weight excluding hydrogens is 504 g/mol. The minimum absolute atomic E-state index is 0.0818. The van der Waals surface area contributed by atoms with Crippen LogP contribution < -0.4 is 21.3 Å². The summed E-state index contributed by atoms with van der Waals surface area (Å²) in [4.78, 5) is 0. The molecule has 0 heterocycles. The van der Waals surface area contributed by atoms with E-state index in [9.17, 15) is 10.2 Å². The fourth-order valence-electron chi connectivity index (χ4n) is 4.37. The van der Waals surface area contributed by atoms with E-state index in [-0.39, 0.29) is 30.3 Å². The maximum Gasteiger partial charge on any atom is 0.150 e. The van der Waals surface area contributed by atoms with Gasteiger partial charge < -0.3 is 41.7 Å². The van der Waals surface area contributed by atoms with Crippen LogP contribution in [-0.2, 0) is 0 Å². The molecule has 0 aliphatic rings. The zero-order chi connectivity index (χ0) is 28.6. The molecule has 8 nitrogen and oxygen atoms in total. The fraction of sp³-hybridized carbons (Fsp3) is 0.375. The highest BCUT2D eigenvalue weighted by atomic mass is 16.3. The van der Waals surface area contributed by atoms with E-state index in [1.54, 1.807) is 6.07 Å². The van der Waals surface area contributed by atoms with Gasteiger partial charge in [-0.1, -0.05) is 38.3 Å². The van der Waals surface area contributed by atoms with Crippen molar-refractivity contribution in [3.63, 3.8) is 0 Å². The number of aromatic hydroxyl groups is 2. The van der Waals surface area contributed by atoms with Crippen molar-refractivity contribution in [2.75, 3.05) is 47.6 Å². The number of rotatable bonds is 19. The predicted octanol–water partition coefficient (Wildman–Crippen LogP) is 7.16. The Morgan fingerprint density at radius 2 is 0.925 bits per heavy atom. The molecule has 0 unspecified atom stereocenters. The molecule has 0 radical (unpaired) electrons. The number of anilines is 6. The molecule has 8 heteroatoms. The van der Waals surface area contributed by atoms with Gasteiger partial charge in [0.15, 0.2) is 0 Å². The van der Waals surface area contributed by atoms with Gasteiger partial charge in [-0.3, -0.25) is 0 Å². The lowest BCUT2D eigenvalue weighted by atomic mass is 10.1. The second-order valence-electron chi connectivity index (χ2n) is 9.82. The fourth-order valence-corrected chi connectivity index (χ4v) is 4.37. The van der Waals surface area contributed by atoms with Gasteiger partial charge in [0.2, 0.25) is 0 Å². The van der Waals surface area contributed by atoms with Gasteiger partial charge in [0.25, 0.3) is 0 Å². The van der Waals surface area contributed by atoms with Crippen LogP contribution in [-0.4, -0.2) is 46.7 Å². The lowest BCUT2D eigenvalue weighted by Crippen LogP contribution is -2.02. The van der Waals surface area contributed by atoms with Crippen molar-refractivity contribution < 1.29 is 20.4 Å². The molecule has 0 saturated heterocycles. The number of benzene rings is 3. The molecule has 3 aromatic carbocycles. The van der Waals surface area contributed by atoms with Crippen LogP contribution in [0.1, 0.15) is 56.9 Å². The molecule has 0 aliphatic heterocycles. The lowest BCUT2D eigenvalue weighted by molar-refractivity contribution is 0.282. The molecule has 0 amide bonds. The summed E-state index contributed by atoms with van der Waals surface area (Å²) in [5.41, 5.74) is 4.74. The lowest BCUT2D eigenvalue weighted by Gasteiger charge is -2.17. The van der Waals surface area contributed by atoms with E-state index in [1.807, 2.05) is 48.5 Å². The Balaban J connectivity index is 1.61. The van der Waals surface area contributed by atoms with Crippen LogP contribution in [0.3, 0.4) is 0 Å². The summed E-state index contributed by atoms with van der Waals surface area (Å²) in [7, 11) is 0. The molecule has 0 bridgehead atoms. The molecule has 0 fully saturated rings. The van der Waals surface area contributed by atoms with Gasteiger partial charge in [0, 0.05) is 49.1 Å². The maximum absolute atomic E-state index is 10.8. The number of hydrogen-bond acceptors (Lipinski definition) is 8. The summed E-state index contributed by atoms with van der Waals surface area (Å²) in [6, 6.07) is 17.3. The summed E-state index contributed by atoms with van der Waals surface area (Å²) < 4.78 is 0. The Hall–Kier alpha value is -3.88. The van der Waals surface area contributed by atoms with E-state index in [1.165, 1.54) is 6.08 Å². The van der Waals surface area contributed by atoms with Crippen molar-refractivity contribution in [3.8, 4) is 11.5 Å². The largest absolute Gasteiger partial charge is 0.505 e. The Kier molecular flexibility index (Phi) is 13.0. The third-order valence-corrected chi connectivity index (χ3v) is 6.67. The smallest absolute Gasteiger partial charge is 0.150 e.